The number of hydrogen-bond acceptors (Lipinski definition) is 6. The van der Waals surface area contributed by atoms with Gasteiger partial charge in [-0.05, 0) is 68.1 Å². The number of carbonyl (C=O) groups excluding carboxylic acids is 2. The predicted molar refractivity (Wildman–Crippen MR) is 137 cm³/mol. The minimum absolute atomic E-state index is 0.188. The van der Waals surface area contributed by atoms with Crippen molar-refractivity contribution in [2.24, 2.45) is 0 Å². The Balaban J connectivity index is 1.28. The maximum atomic E-state index is 13.4. The summed E-state index contributed by atoms with van der Waals surface area (Å²) in [5, 5.41) is 16.4. The third-order valence-corrected chi connectivity index (χ3v) is 8.25. The van der Waals surface area contributed by atoms with Crippen molar-refractivity contribution in [2.45, 2.75) is 54.6 Å². The van der Waals surface area contributed by atoms with Crippen LogP contribution in [0, 0.1) is 6.92 Å². The number of amides is 3. The van der Waals surface area contributed by atoms with E-state index in [0.717, 1.165) is 46.1 Å². The van der Waals surface area contributed by atoms with Crippen LogP contribution >= 0.6 is 11.8 Å². The number of thioether (sulfide) groups is 1. The number of nitrogens with zero attached hydrogens (tertiary/aromatic N) is 2. The van der Waals surface area contributed by atoms with Gasteiger partial charge in [0.25, 0.3) is 0 Å². The summed E-state index contributed by atoms with van der Waals surface area (Å²) in [6, 6.07) is 15.9. The van der Waals surface area contributed by atoms with E-state index in [0.29, 0.717) is 12.2 Å². The molecule has 4 atom stereocenters. The van der Waals surface area contributed by atoms with Gasteiger partial charge >= 0.3 is 6.03 Å². The van der Waals surface area contributed by atoms with Crippen molar-refractivity contribution in [1.29, 1.82) is 0 Å². The molecule has 0 radical (unpaired) electrons. The molecule has 1 saturated carbocycles. The predicted octanol–water partition coefficient (Wildman–Crippen LogP) is 4.59. The molecule has 3 N–H and O–H groups in total. The normalized spacial score (nSPS) is 24.3. The molecule has 2 aliphatic heterocycles. The van der Waals surface area contributed by atoms with Gasteiger partial charge in [0.2, 0.25) is 5.91 Å². The second kappa shape index (κ2) is 9.15. The number of aliphatic hydroxyl groups is 1. The molecule has 36 heavy (non-hydrogen) atoms. The van der Waals surface area contributed by atoms with Gasteiger partial charge in [0.1, 0.15) is 21.8 Å². The Kier molecular flexibility index (Phi) is 5.81. The summed E-state index contributed by atoms with van der Waals surface area (Å²) in [6.45, 7) is 1.94. The van der Waals surface area contributed by atoms with Crippen molar-refractivity contribution in [3.8, 4) is 11.5 Å². The van der Waals surface area contributed by atoms with Crippen LogP contribution in [-0.4, -0.2) is 39.4 Å². The summed E-state index contributed by atoms with van der Waals surface area (Å²) in [7, 11) is 0. The molecule has 9 heteroatoms. The number of rotatable bonds is 5. The van der Waals surface area contributed by atoms with Crippen molar-refractivity contribution >= 4 is 35.1 Å². The summed E-state index contributed by atoms with van der Waals surface area (Å²) in [5.74, 6) is 1.23. The molecule has 0 saturated heterocycles. The molecule has 3 aromatic rings. The number of nitrogens with one attached hydrogen (secondary N) is 2. The first-order chi connectivity index (χ1) is 17.5. The minimum Gasteiger partial charge on any atom is -0.457 e. The number of pyridine rings is 1. The van der Waals surface area contributed by atoms with E-state index in [9.17, 15) is 14.7 Å². The molecule has 184 valence electrons. The first kappa shape index (κ1) is 22.9. The molecule has 2 unspecified atom stereocenters. The van der Waals surface area contributed by atoms with E-state index >= 15 is 0 Å². The lowest BCUT2D eigenvalue weighted by Crippen LogP contribution is -2.51. The summed E-state index contributed by atoms with van der Waals surface area (Å²) in [5.41, 5.74) is 3.17. The monoisotopic (exact) mass is 502 g/mol. The minimum atomic E-state index is -0.546. The molecule has 6 rings (SSSR count). The Labute approximate surface area is 213 Å². The lowest BCUT2D eigenvalue weighted by molar-refractivity contribution is -0.122. The first-order valence-corrected chi connectivity index (χ1v) is 13.0. The number of benzene rings is 2. The Bertz CT molecular complexity index is 1330. The zero-order chi connectivity index (χ0) is 24.8. The summed E-state index contributed by atoms with van der Waals surface area (Å²) < 4.78 is 5.95. The maximum absolute atomic E-state index is 13.4. The Morgan fingerprint density at radius 3 is 2.72 bits per heavy atom. The highest BCUT2D eigenvalue weighted by atomic mass is 32.2. The Morgan fingerprint density at radius 2 is 1.97 bits per heavy atom. The average molecular weight is 503 g/mol. The van der Waals surface area contributed by atoms with Crippen LogP contribution in [-0.2, 0) is 4.79 Å². The number of anilines is 2. The van der Waals surface area contributed by atoms with Crippen LogP contribution in [0.25, 0.3) is 0 Å². The fourth-order valence-electron chi connectivity index (χ4n) is 5.20. The zero-order valence-electron chi connectivity index (χ0n) is 19.7. The third-order valence-electron chi connectivity index (χ3n) is 6.96. The summed E-state index contributed by atoms with van der Waals surface area (Å²) >= 11 is 1.36. The van der Waals surface area contributed by atoms with Gasteiger partial charge in [0.05, 0.1) is 29.6 Å². The Morgan fingerprint density at radius 1 is 1.14 bits per heavy atom. The van der Waals surface area contributed by atoms with E-state index in [-0.39, 0.29) is 18.0 Å². The Hall–Kier alpha value is -3.56. The standard InChI is InChI=1S/C27H26N4O4S/c1-15-14-17(35-16-6-3-2-4-7-16)10-11-19(15)31-20-12-13-28-26-22(20)23(30-27(31)34)24(36-26)25(33)29-18-8-5-9-21(18)32/h2-4,6-7,10-14,18,21,23-24,32H,5,8-9H2,1H3,(H,29,33)(H,30,34)/t18-,21-,23?,24?/m0/s1. The molecule has 1 aromatic heterocycles. The molecule has 0 bridgehead atoms. The number of ether oxygens (including phenoxy) is 1. The van der Waals surface area contributed by atoms with Crippen LogP contribution in [0.1, 0.15) is 36.4 Å². The van der Waals surface area contributed by atoms with Gasteiger partial charge in [-0.1, -0.05) is 30.0 Å². The fourth-order valence-corrected chi connectivity index (χ4v) is 6.44. The van der Waals surface area contributed by atoms with Crippen LogP contribution in [0.5, 0.6) is 11.5 Å². The van der Waals surface area contributed by atoms with Crippen molar-refractivity contribution in [3.05, 3.63) is 71.9 Å². The van der Waals surface area contributed by atoms with E-state index < -0.39 is 17.4 Å². The number of hydrogen-bond donors (Lipinski definition) is 3. The van der Waals surface area contributed by atoms with Gasteiger partial charge in [0, 0.05) is 11.8 Å². The van der Waals surface area contributed by atoms with Crippen LogP contribution in [0.2, 0.25) is 0 Å². The van der Waals surface area contributed by atoms with Gasteiger partial charge < -0.3 is 20.5 Å². The molecule has 1 fully saturated rings. The van der Waals surface area contributed by atoms with E-state index in [1.54, 1.807) is 11.1 Å². The number of aliphatic hydroxyl groups excluding tert-OH is 1. The summed E-state index contributed by atoms with van der Waals surface area (Å²) in [6.07, 6.45) is 3.49. The molecular weight excluding hydrogens is 476 g/mol. The van der Waals surface area contributed by atoms with Crippen LogP contribution in [0.15, 0.2) is 65.8 Å². The fraction of sp³-hybridized carbons (Fsp3) is 0.296. The average Bonchev–Trinajstić information content (AvgIpc) is 3.45. The number of aryl methyl sites for hydroxylation is 1. The van der Waals surface area contributed by atoms with Gasteiger partial charge in [0.15, 0.2) is 0 Å². The smallest absolute Gasteiger partial charge is 0.327 e. The highest BCUT2D eigenvalue weighted by molar-refractivity contribution is 8.01. The molecule has 3 heterocycles. The lowest BCUT2D eigenvalue weighted by Gasteiger charge is -2.35. The molecule has 3 aliphatic rings. The SMILES string of the molecule is Cc1cc(Oc2ccccc2)ccc1N1C(=O)NC2c3c1ccnc3SC2C(=O)N[C@H]1CCC[C@@H]1O. The highest BCUT2D eigenvalue weighted by Crippen LogP contribution is 2.51. The maximum Gasteiger partial charge on any atom is 0.327 e. The van der Waals surface area contributed by atoms with Crippen molar-refractivity contribution in [2.75, 3.05) is 4.90 Å². The van der Waals surface area contributed by atoms with Gasteiger partial charge in [-0.2, -0.15) is 0 Å². The molecule has 2 aromatic carbocycles. The first-order valence-electron chi connectivity index (χ1n) is 12.1. The van der Waals surface area contributed by atoms with Gasteiger partial charge in [-0.25, -0.2) is 9.78 Å². The summed E-state index contributed by atoms with van der Waals surface area (Å²) in [4.78, 5) is 32.7. The molecule has 8 nitrogen and oxygen atoms in total. The lowest BCUT2D eigenvalue weighted by atomic mass is 9.99. The topological polar surface area (TPSA) is 104 Å². The van der Waals surface area contributed by atoms with Crippen molar-refractivity contribution in [1.82, 2.24) is 15.6 Å². The highest BCUT2D eigenvalue weighted by Gasteiger charge is 2.47. The van der Waals surface area contributed by atoms with E-state index in [4.69, 9.17) is 4.74 Å². The number of carbonyl (C=O) groups is 2. The largest absolute Gasteiger partial charge is 0.457 e. The molecule has 3 amide bonds. The van der Waals surface area contributed by atoms with Crippen molar-refractivity contribution in [3.63, 3.8) is 0 Å². The molecule has 1 aliphatic carbocycles. The second-order valence-corrected chi connectivity index (χ2v) is 10.5. The van der Waals surface area contributed by atoms with E-state index in [2.05, 4.69) is 15.6 Å². The number of aromatic nitrogens is 1. The third kappa shape index (κ3) is 3.98. The van der Waals surface area contributed by atoms with E-state index in [1.165, 1.54) is 11.8 Å². The molecule has 0 spiro atoms. The second-order valence-electron chi connectivity index (χ2n) is 9.33. The van der Waals surface area contributed by atoms with Gasteiger partial charge in [-0.3, -0.25) is 9.69 Å². The quantitative estimate of drug-likeness (QED) is 0.472. The van der Waals surface area contributed by atoms with Crippen molar-refractivity contribution < 1.29 is 19.4 Å². The number of urea groups is 1. The van der Waals surface area contributed by atoms with E-state index in [1.807, 2.05) is 61.5 Å². The molecular formula is C27H26N4O4S. The van der Waals surface area contributed by atoms with Gasteiger partial charge in [-0.15, -0.1) is 0 Å². The van der Waals surface area contributed by atoms with Crippen LogP contribution in [0.4, 0.5) is 16.2 Å². The number of para-hydroxylation sites is 1. The zero-order valence-corrected chi connectivity index (χ0v) is 20.5. The van der Waals surface area contributed by atoms with Crippen LogP contribution < -0.4 is 20.3 Å². The van der Waals surface area contributed by atoms with Crippen LogP contribution in [0.3, 0.4) is 0 Å².